The molecule has 3 aliphatic heterocycles. The van der Waals surface area contributed by atoms with Crippen molar-refractivity contribution in [2.24, 2.45) is 5.92 Å². The Hall–Kier alpha value is -1.96. The third kappa shape index (κ3) is 3.79. The van der Waals surface area contributed by atoms with Crippen LogP contribution in [0.2, 0.25) is 0 Å². The second-order valence-electron chi connectivity index (χ2n) is 9.31. The molecule has 0 amide bonds. The van der Waals surface area contributed by atoms with E-state index < -0.39 is 0 Å². The lowest BCUT2D eigenvalue weighted by Gasteiger charge is -2.42. The van der Waals surface area contributed by atoms with Crippen LogP contribution in [0.1, 0.15) is 41.4 Å². The largest absolute Gasteiger partial charge is 0.312 e. The fraction of sp³-hybridized carbons (Fsp3) is 0.636. The predicted molar refractivity (Wildman–Crippen MR) is 113 cm³/mol. The molecule has 156 valence electrons. The Bertz CT molecular complexity index is 922. The summed E-state index contributed by atoms with van der Waals surface area (Å²) in [4.78, 5) is 17.6. The van der Waals surface area contributed by atoms with Gasteiger partial charge in [-0.05, 0) is 51.5 Å². The highest BCUT2D eigenvalue weighted by atomic mass is 16.1. The van der Waals surface area contributed by atoms with Crippen LogP contribution in [0.5, 0.6) is 0 Å². The monoisotopic (exact) mass is 396 g/mol. The van der Waals surface area contributed by atoms with Crippen molar-refractivity contribution in [3.8, 4) is 0 Å². The molecule has 2 aromatic rings. The van der Waals surface area contributed by atoms with E-state index in [4.69, 9.17) is 5.10 Å². The summed E-state index contributed by atoms with van der Waals surface area (Å²) in [6.45, 7) is 7.55. The molecule has 2 atom stereocenters. The van der Waals surface area contributed by atoms with Gasteiger partial charge in [-0.1, -0.05) is 6.07 Å². The van der Waals surface area contributed by atoms with Crippen molar-refractivity contribution in [3.05, 3.63) is 51.2 Å². The summed E-state index contributed by atoms with van der Waals surface area (Å²) in [5.41, 5.74) is 4.83. The minimum absolute atomic E-state index is 0.213. The van der Waals surface area contributed by atoms with E-state index in [2.05, 4.69) is 36.5 Å². The van der Waals surface area contributed by atoms with Crippen molar-refractivity contribution < 1.29 is 0 Å². The van der Waals surface area contributed by atoms with Crippen LogP contribution in [0.4, 0.5) is 0 Å². The Morgan fingerprint density at radius 3 is 3.00 bits per heavy atom. The number of pyridine rings is 1. The summed E-state index contributed by atoms with van der Waals surface area (Å²) in [5, 5.41) is 8.35. The number of aryl methyl sites for hydroxylation is 1. The number of piperidine rings is 1. The molecule has 0 aliphatic carbocycles. The van der Waals surface area contributed by atoms with Gasteiger partial charge in [0.1, 0.15) is 0 Å². The first kappa shape index (κ1) is 19.0. The van der Waals surface area contributed by atoms with E-state index in [1.165, 1.54) is 23.5 Å². The highest BCUT2D eigenvalue weighted by Gasteiger charge is 2.35. The molecule has 3 aliphatic rings. The average molecular weight is 397 g/mol. The Balaban J connectivity index is 1.33. The number of aromatic nitrogens is 3. The van der Waals surface area contributed by atoms with Crippen LogP contribution < -0.4 is 10.9 Å². The first-order valence-corrected chi connectivity index (χ1v) is 10.9. The number of fused-ring (bicyclic) bond motifs is 5. The van der Waals surface area contributed by atoms with Crippen LogP contribution in [-0.2, 0) is 32.7 Å². The van der Waals surface area contributed by atoms with Crippen LogP contribution in [0, 0.1) is 5.92 Å². The number of likely N-dealkylation sites (tertiary alicyclic amines) is 1. The fourth-order valence-electron chi connectivity index (χ4n) is 5.41. The third-order valence-corrected chi connectivity index (χ3v) is 6.57. The van der Waals surface area contributed by atoms with Crippen LogP contribution in [-0.4, -0.2) is 57.9 Å². The minimum Gasteiger partial charge on any atom is -0.312 e. The Morgan fingerprint density at radius 1 is 1.24 bits per heavy atom. The zero-order chi connectivity index (χ0) is 20.0. The van der Waals surface area contributed by atoms with E-state index in [-0.39, 0.29) is 5.56 Å². The van der Waals surface area contributed by atoms with Gasteiger partial charge in [-0.3, -0.25) is 14.4 Å². The lowest BCUT2D eigenvalue weighted by molar-refractivity contribution is 0.113. The lowest BCUT2D eigenvalue weighted by Crippen LogP contribution is -2.47. The summed E-state index contributed by atoms with van der Waals surface area (Å²) in [6, 6.07) is 6.52. The smallest absolute Gasteiger partial charge is 0.255 e. The van der Waals surface area contributed by atoms with Crippen molar-refractivity contribution in [2.45, 2.75) is 51.5 Å². The molecule has 0 aromatic carbocycles. The summed E-state index contributed by atoms with van der Waals surface area (Å²) >= 11 is 0. The molecule has 2 aromatic heterocycles. The van der Waals surface area contributed by atoms with E-state index in [1.807, 2.05) is 20.2 Å². The molecule has 0 saturated carbocycles. The Morgan fingerprint density at radius 2 is 2.14 bits per heavy atom. The quantitative estimate of drug-likeness (QED) is 0.842. The number of hydrogen-bond acceptors (Lipinski definition) is 5. The molecule has 2 bridgehead atoms. The first-order chi connectivity index (χ1) is 14.1. The van der Waals surface area contributed by atoms with E-state index in [9.17, 15) is 4.79 Å². The van der Waals surface area contributed by atoms with Gasteiger partial charge in [0, 0.05) is 63.0 Å². The lowest BCUT2D eigenvalue weighted by atomic mass is 9.83. The standard InChI is InChI=1S/C22H32N6O/c1-25(2)13-17-4-5-21-18-8-16(12-27(21)22(17)29)11-26(14-18)15-19-9-20-10-23-6-3-7-28(20)24-19/h4-5,9,16,18,23H,3,6-8,10-15H2,1-2H3/t16-,18+/m0/s1. The third-order valence-electron chi connectivity index (χ3n) is 6.57. The molecule has 1 N–H and O–H groups in total. The maximum Gasteiger partial charge on any atom is 0.255 e. The van der Waals surface area contributed by atoms with Crippen LogP contribution in [0.3, 0.4) is 0 Å². The van der Waals surface area contributed by atoms with Crippen LogP contribution >= 0.6 is 0 Å². The van der Waals surface area contributed by atoms with E-state index in [1.54, 1.807) is 0 Å². The van der Waals surface area contributed by atoms with Gasteiger partial charge in [0.15, 0.2) is 0 Å². The predicted octanol–water partition coefficient (Wildman–Crippen LogP) is 1.22. The van der Waals surface area contributed by atoms with Gasteiger partial charge in [-0.2, -0.15) is 5.10 Å². The number of nitrogens with zero attached hydrogens (tertiary/aromatic N) is 5. The van der Waals surface area contributed by atoms with Crippen molar-refractivity contribution >= 4 is 0 Å². The summed E-state index contributed by atoms with van der Waals surface area (Å²) in [5.74, 6) is 1.00. The Labute approximate surface area is 172 Å². The normalized spacial score (nSPS) is 24.2. The van der Waals surface area contributed by atoms with Crippen molar-refractivity contribution in [2.75, 3.05) is 33.7 Å². The minimum atomic E-state index is 0.213. The van der Waals surface area contributed by atoms with E-state index >= 15 is 0 Å². The maximum absolute atomic E-state index is 13.0. The highest BCUT2D eigenvalue weighted by molar-refractivity contribution is 5.22. The molecule has 0 spiro atoms. The highest BCUT2D eigenvalue weighted by Crippen LogP contribution is 2.35. The van der Waals surface area contributed by atoms with Crippen molar-refractivity contribution in [3.63, 3.8) is 0 Å². The summed E-state index contributed by atoms with van der Waals surface area (Å²) < 4.78 is 4.25. The molecule has 0 radical (unpaired) electrons. The topological polar surface area (TPSA) is 58.3 Å². The van der Waals surface area contributed by atoms with Crippen LogP contribution in [0.25, 0.3) is 0 Å². The molecule has 0 unspecified atom stereocenters. The van der Waals surface area contributed by atoms with Gasteiger partial charge in [0.05, 0.1) is 11.4 Å². The molecule has 5 rings (SSSR count). The number of rotatable bonds is 4. The van der Waals surface area contributed by atoms with Gasteiger partial charge >= 0.3 is 0 Å². The zero-order valence-corrected chi connectivity index (χ0v) is 17.6. The van der Waals surface area contributed by atoms with Crippen molar-refractivity contribution in [1.29, 1.82) is 0 Å². The van der Waals surface area contributed by atoms with Gasteiger partial charge in [0.25, 0.3) is 5.56 Å². The molecule has 7 nitrogen and oxygen atoms in total. The van der Waals surface area contributed by atoms with Gasteiger partial charge in [0.2, 0.25) is 0 Å². The number of hydrogen-bond donors (Lipinski definition) is 1. The average Bonchev–Trinajstić information content (AvgIpc) is 2.92. The first-order valence-electron chi connectivity index (χ1n) is 10.9. The van der Waals surface area contributed by atoms with E-state index in [0.29, 0.717) is 18.4 Å². The second-order valence-corrected chi connectivity index (χ2v) is 9.31. The fourth-order valence-corrected chi connectivity index (χ4v) is 5.41. The molecule has 29 heavy (non-hydrogen) atoms. The molecular weight excluding hydrogens is 364 g/mol. The van der Waals surface area contributed by atoms with Crippen molar-refractivity contribution in [1.82, 2.24) is 29.5 Å². The van der Waals surface area contributed by atoms with Crippen LogP contribution in [0.15, 0.2) is 23.0 Å². The molecule has 1 fully saturated rings. The number of nitrogens with one attached hydrogen (secondary N) is 1. The van der Waals surface area contributed by atoms with Gasteiger partial charge in [-0.15, -0.1) is 0 Å². The maximum atomic E-state index is 13.0. The summed E-state index contributed by atoms with van der Waals surface area (Å²) in [6.07, 6.45) is 2.34. The zero-order valence-electron chi connectivity index (χ0n) is 17.6. The molecule has 7 heteroatoms. The van der Waals surface area contributed by atoms with Gasteiger partial charge < -0.3 is 14.8 Å². The molecule has 1 saturated heterocycles. The second kappa shape index (κ2) is 7.70. The summed E-state index contributed by atoms with van der Waals surface area (Å²) in [7, 11) is 4.03. The Kier molecular flexibility index (Phi) is 5.05. The van der Waals surface area contributed by atoms with E-state index in [0.717, 1.165) is 57.8 Å². The molecule has 5 heterocycles. The molecular formula is C22H32N6O. The van der Waals surface area contributed by atoms with Gasteiger partial charge in [-0.25, -0.2) is 0 Å². The SMILES string of the molecule is CN(C)Cc1ccc2n(c1=O)C[C@H]1C[C@@H]2CN(Cc2cc3n(n2)CCCNC3)C1.